The molecular weight excluding hydrogens is 454 g/mol. The number of nitrogens with zero attached hydrogens (tertiary/aromatic N) is 2. The molecule has 2 aromatic carbocycles. The van der Waals surface area contributed by atoms with Crippen molar-refractivity contribution in [2.75, 3.05) is 49.5 Å². The van der Waals surface area contributed by atoms with Crippen molar-refractivity contribution in [3.05, 3.63) is 53.4 Å². The van der Waals surface area contributed by atoms with Gasteiger partial charge in [-0.05, 0) is 54.0 Å². The number of amides is 1. The Morgan fingerprint density at radius 1 is 1.09 bits per heavy atom. The van der Waals surface area contributed by atoms with Crippen molar-refractivity contribution in [1.29, 1.82) is 0 Å². The lowest BCUT2D eigenvalue weighted by Crippen LogP contribution is -2.47. The fourth-order valence-corrected chi connectivity index (χ4v) is 5.58. The Labute approximate surface area is 206 Å². The summed E-state index contributed by atoms with van der Waals surface area (Å²) in [5.74, 6) is 1.52. The Kier molecular flexibility index (Phi) is 7.78. The zero-order valence-corrected chi connectivity index (χ0v) is 20.7. The van der Waals surface area contributed by atoms with Crippen LogP contribution in [0.25, 0.3) is 10.1 Å². The summed E-state index contributed by atoms with van der Waals surface area (Å²) in [5, 5.41) is 6.52. The molecule has 1 fully saturated rings. The lowest BCUT2D eigenvalue weighted by molar-refractivity contribution is -0.116. The summed E-state index contributed by atoms with van der Waals surface area (Å²) in [6.07, 6.45) is 2.41. The first-order valence-corrected chi connectivity index (χ1v) is 12.5. The van der Waals surface area contributed by atoms with Gasteiger partial charge in [0.25, 0.3) is 0 Å². The molecule has 0 bridgehead atoms. The van der Waals surface area contributed by atoms with Crippen molar-refractivity contribution in [3.63, 3.8) is 0 Å². The van der Waals surface area contributed by atoms with Crippen LogP contribution in [0.2, 0.25) is 0 Å². The Hall–Kier alpha value is -2.28. The lowest BCUT2D eigenvalue weighted by atomic mass is 10.0. The Bertz CT molecular complexity index is 1090. The Balaban J connectivity index is 0.00000259. The molecule has 5 rings (SSSR count). The van der Waals surface area contributed by atoms with Crippen LogP contribution in [0.3, 0.4) is 0 Å². The predicted molar refractivity (Wildman–Crippen MR) is 140 cm³/mol. The van der Waals surface area contributed by atoms with E-state index in [2.05, 4.69) is 57.8 Å². The normalized spacial score (nSPS) is 17.2. The average molecular weight is 486 g/mol. The van der Waals surface area contributed by atoms with Gasteiger partial charge in [-0.1, -0.05) is 19.1 Å². The van der Waals surface area contributed by atoms with E-state index in [4.69, 9.17) is 4.74 Å². The quantitative estimate of drug-likeness (QED) is 0.484. The third kappa shape index (κ3) is 5.62. The number of benzene rings is 2. The van der Waals surface area contributed by atoms with Crippen molar-refractivity contribution >= 4 is 51.1 Å². The minimum Gasteiger partial charge on any atom is -0.494 e. The van der Waals surface area contributed by atoms with Gasteiger partial charge in [-0.15, -0.1) is 23.7 Å². The molecule has 1 unspecified atom stereocenters. The zero-order chi connectivity index (χ0) is 21.9. The molecule has 0 aliphatic carbocycles. The molecule has 3 heterocycles. The zero-order valence-electron chi connectivity index (χ0n) is 19.1. The maximum atomic E-state index is 11.6. The largest absolute Gasteiger partial charge is 0.494 e. The van der Waals surface area contributed by atoms with Gasteiger partial charge < -0.3 is 15.0 Å². The minimum absolute atomic E-state index is 0. The molecule has 1 N–H and O–H groups in total. The molecule has 176 valence electrons. The van der Waals surface area contributed by atoms with Crippen molar-refractivity contribution in [2.24, 2.45) is 5.92 Å². The summed E-state index contributed by atoms with van der Waals surface area (Å²) in [6, 6.07) is 15.0. The van der Waals surface area contributed by atoms with E-state index in [0.29, 0.717) is 18.9 Å². The van der Waals surface area contributed by atoms with Gasteiger partial charge in [-0.3, -0.25) is 9.69 Å². The monoisotopic (exact) mass is 485 g/mol. The SMILES string of the molecule is CC(CCOc1ccc2c(c1)NC(=O)CC2)CN1CCN(c2cccc3sccc23)CC1.Cl. The van der Waals surface area contributed by atoms with Crippen LogP contribution in [0.15, 0.2) is 47.8 Å². The fourth-order valence-electron chi connectivity index (χ4n) is 4.78. The van der Waals surface area contributed by atoms with Crippen LogP contribution in [0.4, 0.5) is 11.4 Å². The topological polar surface area (TPSA) is 44.8 Å². The number of aryl methyl sites for hydroxylation is 1. The Morgan fingerprint density at radius 2 is 1.94 bits per heavy atom. The van der Waals surface area contributed by atoms with Gasteiger partial charge in [0.1, 0.15) is 5.75 Å². The number of hydrogen-bond donors (Lipinski definition) is 1. The number of piperazine rings is 1. The maximum absolute atomic E-state index is 11.6. The van der Waals surface area contributed by atoms with Crippen molar-refractivity contribution in [3.8, 4) is 5.75 Å². The van der Waals surface area contributed by atoms with E-state index in [1.807, 2.05) is 23.5 Å². The highest BCUT2D eigenvalue weighted by atomic mass is 35.5. The van der Waals surface area contributed by atoms with E-state index < -0.39 is 0 Å². The summed E-state index contributed by atoms with van der Waals surface area (Å²) < 4.78 is 7.37. The number of hydrogen-bond acceptors (Lipinski definition) is 5. The highest BCUT2D eigenvalue weighted by molar-refractivity contribution is 7.17. The van der Waals surface area contributed by atoms with E-state index >= 15 is 0 Å². The van der Waals surface area contributed by atoms with Crippen molar-refractivity contribution in [2.45, 2.75) is 26.2 Å². The third-order valence-corrected chi connectivity index (χ3v) is 7.49. The summed E-state index contributed by atoms with van der Waals surface area (Å²) >= 11 is 1.82. The van der Waals surface area contributed by atoms with Gasteiger partial charge in [-0.2, -0.15) is 0 Å². The van der Waals surface area contributed by atoms with Crippen LogP contribution in [-0.2, 0) is 11.2 Å². The molecule has 1 atom stereocenters. The molecule has 5 nitrogen and oxygen atoms in total. The van der Waals surface area contributed by atoms with Crippen LogP contribution in [0, 0.1) is 5.92 Å². The van der Waals surface area contributed by atoms with E-state index in [9.17, 15) is 4.79 Å². The molecule has 7 heteroatoms. The van der Waals surface area contributed by atoms with E-state index in [1.54, 1.807) is 0 Å². The fraction of sp³-hybridized carbons (Fsp3) is 0.423. The number of thiophene rings is 1. The molecule has 3 aromatic rings. The number of anilines is 2. The standard InChI is InChI=1S/C26H31N3O2S.ClH/c1-19(9-15-31-21-7-5-20-6-8-26(30)27-23(20)17-21)18-28-11-13-29(14-12-28)24-3-2-4-25-22(24)10-16-32-25;/h2-5,7,10,16-17,19H,6,8-9,11-15,18H2,1H3,(H,27,30);1H. The molecular formula is C26H32ClN3O2S. The number of carbonyl (C=O) groups excluding carboxylic acids is 1. The summed E-state index contributed by atoms with van der Waals surface area (Å²) in [5.41, 5.74) is 3.48. The molecule has 0 spiro atoms. The third-order valence-electron chi connectivity index (χ3n) is 6.61. The first-order valence-electron chi connectivity index (χ1n) is 11.6. The van der Waals surface area contributed by atoms with Gasteiger partial charge in [0.2, 0.25) is 5.91 Å². The highest BCUT2D eigenvalue weighted by Gasteiger charge is 2.20. The molecule has 1 amide bonds. The first kappa shape index (κ1) is 23.9. The maximum Gasteiger partial charge on any atom is 0.224 e. The van der Waals surface area contributed by atoms with Crippen molar-refractivity contribution in [1.82, 2.24) is 4.90 Å². The summed E-state index contributed by atoms with van der Waals surface area (Å²) in [7, 11) is 0. The van der Waals surface area contributed by atoms with Crippen LogP contribution < -0.4 is 15.0 Å². The van der Waals surface area contributed by atoms with E-state index in [-0.39, 0.29) is 18.3 Å². The van der Waals surface area contributed by atoms with Gasteiger partial charge in [0, 0.05) is 66.7 Å². The van der Waals surface area contributed by atoms with Crippen molar-refractivity contribution < 1.29 is 9.53 Å². The van der Waals surface area contributed by atoms with Crippen LogP contribution >= 0.6 is 23.7 Å². The van der Waals surface area contributed by atoms with Gasteiger partial charge in [0.05, 0.1) is 6.61 Å². The number of halogens is 1. The number of ether oxygens (including phenoxy) is 1. The first-order chi connectivity index (χ1) is 15.7. The van der Waals surface area contributed by atoms with Gasteiger partial charge in [0.15, 0.2) is 0 Å². The van der Waals surface area contributed by atoms with Crippen LogP contribution in [0.1, 0.15) is 25.3 Å². The predicted octanol–water partition coefficient (Wildman–Crippen LogP) is 5.44. The van der Waals surface area contributed by atoms with E-state index in [1.165, 1.54) is 21.3 Å². The second-order valence-corrected chi connectivity index (χ2v) is 9.95. The average Bonchev–Trinajstić information content (AvgIpc) is 3.28. The number of nitrogens with one attached hydrogen (secondary N) is 1. The highest BCUT2D eigenvalue weighted by Crippen LogP contribution is 2.31. The summed E-state index contributed by atoms with van der Waals surface area (Å²) in [4.78, 5) is 16.7. The summed E-state index contributed by atoms with van der Waals surface area (Å²) in [6.45, 7) is 8.51. The van der Waals surface area contributed by atoms with Crippen LogP contribution in [0.5, 0.6) is 5.75 Å². The molecule has 2 aliphatic heterocycles. The second kappa shape index (κ2) is 10.8. The van der Waals surface area contributed by atoms with Gasteiger partial charge >= 0.3 is 0 Å². The molecule has 0 saturated carbocycles. The van der Waals surface area contributed by atoms with E-state index in [0.717, 1.165) is 57.0 Å². The second-order valence-electron chi connectivity index (χ2n) is 9.01. The number of rotatable bonds is 7. The molecule has 2 aliphatic rings. The minimum atomic E-state index is 0. The molecule has 33 heavy (non-hydrogen) atoms. The molecule has 1 saturated heterocycles. The van der Waals surface area contributed by atoms with Gasteiger partial charge in [-0.25, -0.2) is 0 Å². The number of carbonyl (C=O) groups is 1. The molecule has 1 aromatic heterocycles. The molecule has 0 radical (unpaired) electrons. The Morgan fingerprint density at radius 3 is 2.79 bits per heavy atom. The van der Waals surface area contributed by atoms with Crippen LogP contribution in [-0.4, -0.2) is 50.1 Å². The smallest absolute Gasteiger partial charge is 0.224 e. The lowest BCUT2D eigenvalue weighted by Gasteiger charge is -2.37. The number of fused-ring (bicyclic) bond motifs is 2.